The molecule has 1 saturated heterocycles. The first kappa shape index (κ1) is 7.74. The lowest BCUT2D eigenvalue weighted by Crippen LogP contribution is -2.60. The molecule has 2 nitrogen and oxygen atoms in total. The van der Waals surface area contributed by atoms with Crippen molar-refractivity contribution in [3.8, 4) is 0 Å². The molecule has 6 heteroatoms. The van der Waals surface area contributed by atoms with Crippen LogP contribution in [0.25, 0.3) is 0 Å². The van der Waals surface area contributed by atoms with Crippen LogP contribution in [0.4, 0.5) is 17.6 Å². The second-order valence-electron chi connectivity index (χ2n) is 1.94. The fraction of sp³-hybridized carbons (Fsp3) is 1.00. The van der Waals surface area contributed by atoms with Crippen molar-refractivity contribution in [2.24, 2.45) is 0 Å². The van der Waals surface area contributed by atoms with Gasteiger partial charge in [-0.15, -0.1) is 0 Å². The highest BCUT2D eigenvalue weighted by Crippen LogP contribution is 2.11. The molecule has 1 fully saturated rings. The van der Waals surface area contributed by atoms with Gasteiger partial charge in [0.2, 0.25) is 0 Å². The van der Waals surface area contributed by atoms with E-state index in [1.165, 1.54) is 10.6 Å². The van der Waals surface area contributed by atoms with Gasteiger partial charge in [-0.1, -0.05) is 0 Å². The van der Waals surface area contributed by atoms with Gasteiger partial charge in [-0.25, -0.2) is 17.6 Å². The molecule has 0 spiro atoms. The molecule has 0 radical (unpaired) electrons. The molecule has 0 aromatic carbocycles. The summed E-state index contributed by atoms with van der Waals surface area (Å²) in [4.78, 5) is 0. The van der Waals surface area contributed by atoms with Crippen LogP contribution in [-0.2, 0) is 0 Å². The number of hydrogen-bond donors (Lipinski definition) is 2. The standard InChI is InChI=1S/C4H6F4N2/c5-1-2(6)10-4(8)3(7)9-1/h1-4,9-10H. The second kappa shape index (κ2) is 2.71. The largest absolute Gasteiger partial charge is 0.251 e. The average Bonchev–Trinajstić information content (AvgIpc) is 1.84. The summed E-state index contributed by atoms with van der Waals surface area (Å²) in [6.45, 7) is 0. The molecule has 60 valence electrons. The second-order valence-corrected chi connectivity index (χ2v) is 1.94. The first-order valence-corrected chi connectivity index (χ1v) is 2.69. The van der Waals surface area contributed by atoms with E-state index < -0.39 is 25.2 Å². The summed E-state index contributed by atoms with van der Waals surface area (Å²) in [7, 11) is 0. The number of nitrogens with one attached hydrogen (secondary N) is 2. The summed E-state index contributed by atoms with van der Waals surface area (Å²) in [5, 5.41) is 2.87. The van der Waals surface area contributed by atoms with Crippen LogP contribution >= 0.6 is 0 Å². The van der Waals surface area contributed by atoms with Gasteiger partial charge < -0.3 is 0 Å². The summed E-state index contributed by atoms with van der Waals surface area (Å²) in [6.07, 6.45) is -8.71. The van der Waals surface area contributed by atoms with Crippen molar-refractivity contribution in [1.29, 1.82) is 0 Å². The van der Waals surface area contributed by atoms with Gasteiger partial charge in [0.05, 0.1) is 0 Å². The summed E-state index contributed by atoms with van der Waals surface area (Å²) in [5.41, 5.74) is 0. The van der Waals surface area contributed by atoms with E-state index in [0.29, 0.717) is 0 Å². The topological polar surface area (TPSA) is 24.1 Å². The van der Waals surface area contributed by atoms with E-state index >= 15 is 0 Å². The number of alkyl halides is 4. The van der Waals surface area contributed by atoms with Crippen molar-refractivity contribution in [2.45, 2.75) is 25.2 Å². The fourth-order valence-corrected chi connectivity index (χ4v) is 0.642. The maximum atomic E-state index is 12.0. The van der Waals surface area contributed by atoms with Crippen LogP contribution in [0.2, 0.25) is 0 Å². The zero-order valence-electron chi connectivity index (χ0n) is 4.82. The van der Waals surface area contributed by atoms with Crippen molar-refractivity contribution in [3.63, 3.8) is 0 Å². The van der Waals surface area contributed by atoms with Crippen molar-refractivity contribution in [1.82, 2.24) is 10.6 Å². The van der Waals surface area contributed by atoms with Crippen LogP contribution in [0.1, 0.15) is 0 Å². The quantitative estimate of drug-likeness (QED) is 0.393. The maximum Gasteiger partial charge on any atom is 0.198 e. The van der Waals surface area contributed by atoms with Gasteiger partial charge in [0, 0.05) is 0 Å². The highest BCUT2D eigenvalue weighted by Gasteiger charge is 2.36. The van der Waals surface area contributed by atoms with E-state index in [1.54, 1.807) is 0 Å². The van der Waals surface area contributed by atoms with Crippen LogP contribution in [0.15, 0.2) is 0 Å². The maximum absolute atomic E-state index is 12.0. The third-order valence-electron chi connectivity index (χ3n) is 1.15. The molecule has 1 aliphatic rings. The molecule has 10 heavy (non-hydrogen) atoms. The Balaban J connectivity index is 2.46. The van der Waals surface area contributed by atoms with Gasteiger partial charge in [0.15, 0.2) is 25.2 Å². The predicted molar refractivity (Wildman–Crippen MR) is 25.9 cm³/mol. The van der Waals surface area contributed by atoms with Crippen molar-refractivity contribution < 1.29 is 17.6 Å². The molecule has 1 rings (SSSR count). The molecule has 0 bridgehead atoms. The Labute approximate surface area is 54.6 Å². The Kier molecular flexibility index (Phi) is 2.10. The summed E-state index contributed by atoms with van der Waals surface area (Å²) in [6, 6.07) is 0. The van der Waals surface area contributed by atoms with Crippen LogP contribution < -0.4 is 10.6 Å². The van der Waals surface area contributed by atoms with Crippen molar-refractivity contribution >= 4 is 0 Å². The molecule has 0 aromatic heterocycles. The van der Waals surface area contributed by atoms with E-state index in [4.69, 9.17) is 0 Å². The Morgan fingerprint density at radius 3 is 1.00 bits per heavy atom. The van der Waals surface area contributed by atoms with Gasteiger partial charge in [0.25, 0.3) is 0 Å². The minimum absolute atomic E-state index is 1.43. The first-order valence-electron chi connectivity index (χ1n) is 2.69. The van der Waals surface area contributed by atoms with E-state index in [9.17, 15) is 17.6 Å². The van der Waals surface area contributed by atoms with Crippen molar-refractivity contribution in [3.05, 3.63) is 0 Å². The smallest absolute Gasteiger partial charge is 0.198 e. The molecule has 0 aromatic rings. The molecule has 0 aliphatic carbocycles. The predicted octanol–water partition coefficient (Wildman–Crippen LogP) is 0.362. The highest BCUT2D eigenvalue weighted by molar-refractivity contribution is 4.78. The van der Waals surface area contributed by atoms with Crippen LogP contribution in [0.3, 0.4) is 0 Å². The van der Waals surface area contributed by atoms with E-state index in [-0.39, 0.29) is 0 Å². The number of rotatable bonds is 0. The number of halogens is 4. The summed E-state index contributed by atoms with van der Waals surface area (Å²) < 4.78 is 48.2. The van der Waals surface area contributed by atoms with Crippen LogP contribution in [0.5, 0.6) is 0 Å². The van der Waals surface area contributed by atoms with Gasteiger partial charge in [-0.3, -0.25) is 10.6 Å². The minimum Gasteiger partial charge on any atom is -0.251 e. The van der Waals surface area contributed by atoms with Gasteiger partial charge in [-0.2, -0.15) is 0 Å². The van der Waals surface area contributed by atoms with Gasteiger partial charge in [-0.05, 0) is 0 Å². The van der Waals surface area contributed by atoms with E-state index in [0.717, 1.165) is 0 Å². The number of piperazine rings is 1. The Morgan fingerprint density at radius 2 is 0.800 bits per heavy atom. The van der Waals surface area contributed by atoms with E-state index in [2.05, 4.69) is 0 Å². The van der Waals surface area contributed by atoms with Crippen LogP contribution in [0, 0.1) is 0 Å². The molecule has 4 atom stereocenters. The first-order chi connectivity index (χ1) is 4.61. The fourth-order valence-electron chi connectivity index (χ4n) is 0.642. The average molecular weight is 158 g/mol. The lowest BCUT2D eigenvalue weighted by Gasteiger charge is -2.28. The Bertz CT molecular complexity index is 95.8. The van der Waals surface area contributed by atoms with E-state index in [1.807, 2.05) is 0 Å². The Morgan fingerprint density at radius 1 is 0.600 bits per heavy atom. The van der Waals surface area contributed by atoms with Gasteiger partial charge in [0.1, 0.15) is 0 Å². The lowest BCUT2D eigenvalue weighted by atomic mass is 10.3. The Hall–Kier alpha value is -0.360. The molecular weight excluding hydrogens is 152 g/mol. The SMILES string of the molecule is FC1NC(F)C(F)NC1F. The third kappa shape index (κ3) is 1.38. The molecule has 4 unspecified atom stereocenters. The zero-order valence-corrected chi connectivity index (χ0v) is 4.82. The van der Waals surface area contributed by atoms with Gasteiger partial charge >= 0.3 is 0 Å². The third-order valence-corrected chi connectivity index (χ3v) is 1.15. The van der Waals surface area contributed by atoms with Crippen LogP contribution in [-0.4, -0.2) is 25.2 Å². The lowest BCUT2D eigenvalue weighted by molar-refractivity contribution is -0.0407. The summed E-state index contributed by atoms with van der Waals surface area (Å²) >= 11 is 0. The zero-order chi connectivity index (χ0) is 7.72. The molecule has 1 aliphatic heterocycles. The molecular formula is C4H6F4N2. The number of hydrogen-bond acceptors (Lipinski definition) is 2. The highest BCUT2D eigenvalue weighted by atomic mass is 19.2. The summed E-state index contributed by atoms with van der Waals surface area (Å²) in [5.74, 6) is 0. The molecule has 0 amide bonds. The molecule has 0 saturated carbocycles. The molecule has 1 heterocycles. The van der Waals surface area contributed by atoms with Crippen molar-refractivity contribution in [2.75, 3.05) is 0 Å². The monoisotopic (exact) mass is 158 g/mol. The normalized spacial score (nSPS) is 49.2. The molecule has 2 N–H and O–H groups in total. The minimum atomic E-state index is -2.18.